The highest BCUT2D eigenvalue weighted by Gasteiger charge is 2.04. The van der Waals surface area contributed by atoms with Crippen LogP contribution in [0.15, 0.2) is 6.20 Å². The third-order valence-electron chi connectivity index (χ3n) is 1.02. The molecule has 12 heavy (non-hydrogen) atoms. The largest absolute Gasteiger partial charge is 0.462 e. The third kappa shape index (κ3) is 1.83. The second-order valence-corrected chi connectivity index (χ2v) is 1.87. The van der Waals surface area contributed by atoms with Crippen molar-refractivity contribution in [3.8, 4) is 18.2 Å². The molecule has 0 spiro atoms. The van der Waals surface area contributed by atoms with Crippen LogP contribution in [0, 0.1) is 18.2 Å². The van der Waals surface area contributed by atoms with Gasteiger partial charge in [-0.1, -0.05) is 5.92 Å². The first-order valence-electron chi connectivity index (χ1n) is 3.08. The highest BCUT2D eigenvalue weighted by atomic mass is 19.1. The van der Waals surface area contributed by atoms with E-state index in [0.717, 1.165) is 6.20 Å². The van der Waals surface area contributed by atoms with Crippen LogP contribution in [0.1, 0.15) is 0 Å². The maximum absolute atomic E-state index is 12.7. The molecule has 5 heteroatoms. The average Bonchev–Trinajstić information content (AvgIpc) is 2.07. The summed E-state index contributed by atoms with van der Waals surface area (Å²) in [5.74, 6) is 1.22. The zero-order chi connectivity index (χ0) is 8.97. The minimum Gasteiger partial charge on any atom is -0.462 e. The molecule has 0 saturated carbocycles. The first kappa shape index (κ1) is 8.27. The Morgan fingerprint density at radius 3 is 3.17 bits per heavy atom. The van der Waals surface area contributed by atoms with Crippen molar-refractivity contribution >= 4 is 5.95 Å². The molecular weight excluding hydrogens is 161 g/mol. The maximum Gasteiger partial charge on any atom is 0.256 e. The van der Waals surface area contributed by atoms with Crippen molar-refractivity contribution in [3.05, 3.63) is 12.0 Å². The molecule has 0 atom stereocenters. The molecule has 62 valence electrons. The second-order valence-electron chi connectivity index (χ2n) is 1.87. The van der Waals surface area contributed by atoms with Gasteiger partial charge in [0.25, 0.3) is 5.88 Å². The Kier molecular flexibility index (Phi) is 2.43. The Morgan fingerprint density at radius 2 is 2.50 bits per heavy atom. The molecule has 1 rings (SSSR count). The molecule has 0 aromatic carbocycles. The van der Waals surface area contributed by atoms with Gasteiger partial charge in [0.1, 0.15) is 0 Å². The Hall–Kier alpha value is -1.83. The molecular formula is C7H6FN3O. The fourth-order valence-corrected chi connectivity index (χ4v) is 0.576. The number of nitrogen functional groups attached to an aromatic ring is 1. The Bertz CT molecular complexity index is 321. The monoisotopic (exact) mass is 167 g/mol. The number of anilines is 1. The number of nitrogens with zero attached hydrogens (tertiary/aromatic N) is 2. The van der Waals surface area contributed by atoms with Gasteiger partial charge in [0.15, 0.2) is 6.61 Å². The van der Waals surface area contributed by atoms with Gasteiger partial charge in [-0.25, -0.2) is 4.98 Å². The number of aromatic nitrogens is 2. The summed E-state index contributed by atoms with van der Waals surface area (Å²) in [6.07, 6.45) is 5.82. The van der Waals surface area contributed by atoms with Crippen LogP contribution in [0.3, 0.4) is 0 Å². The van der Waals surface area contributed by atoms with E-state index in [9.17, 15) is 4.39 Å². The standard InChI is InChI=1S/C7H6FN3O/c1-2-3-12-6-5(8)4-10-7(9)11-6/h1,4H,3H2,(H2,9,10,11). The van der Waals surface area contributed by atoms with E-state index in [-0.39, 0.29) is 18.4 Å². The predicted octanol–water partition coefficient (Wildman–Crippen LogP) is 0.210. The zero-order valence-electron chi connectivity index (χ0n) is 6.12. The first-order chi connectivity index (χ1) is 5.74. The quantitative estimate of drug-likeness (QED) is 0.639. The van der Waals surface area contributed by atoms with E-state index in [1.807, 2.05) is 0 Å². The molecule has 2 N–H and O–H groups in total. The van der Waals surface area contributed by atoms with E-state index < -0.39 is 5.82 Å². The molecule has 0 aliphatic carbocycles. The highest BCUT2D eigenvalue weighted by Crippen LogP contribution is 2.12. The molecule has 0 unspecified atom stereocenters. The lowest BCUT2D eigenvalue weighted by Gasteiger charge is -2.01. The van der Waals surface area contributed by atoms with Crippen molar-refractivity contribution in [2.75, 3.05) is 12.3 Å². The molecule has 0 amide bonds. The van der Waals surface area contributed by atoms with Crippen LogP contribution in [-0.2, 0) is 0 Å². The number of hydrogen-bond acceptors (Lipinski definition) is 4. The predicted molar refractivity (Wildman–Crippen MR) is 40.7 cm³/mol. The summed E-state index contributed by atoms with van der Waals surface area (Å²) in [6.45, 7) is -0.0482. The minimum atomic E-state index is -0.681. The first-order valence-corrected chi connectivity index (χ1v) is 3.08. The van der Waals surface area contributed by atoms with E-state index in [1.165, 1.54) is 0 Å². The number of ether oxygens (including phenoxy) is 1. The SMILES string of the molecule is C#CCOc1nc(N)ncc1F. The van der Waals surface area contributed by atoms with E-state index in [4.69, 9.17) is 16.9 Å². The van der Waals surface area contributed by atoms with E-state index in [1.54, 1.807) is 0 Å². The fraction of sp³-hybridized carbons (Fsp3) is 0.143. The van der Waals surface area contributed by atoms with Gasteiger partial charge in [-0.15, -0.1) is 6.42 Å². The molecule has 4 nitrogen and oxygen atoms in total. The van der Waals surface area contributed by atoms with Crippen molar-refractivity contribution < 1.29 is 9.13 Å². The number of hydrogen-bond donors (Lipinski definition) is 1. The summed E-state index contributed by atoms with van der Waals surface area (Å²) in [6, 6.07) is 0. The summed E-state index contributed by atoms with van der Waals surface area (Å²) in [7, 11) is 0. The van der Waals surface area contributed by atoms with E-state index in [0.29, 0.717) is 0 Å². The van der Waals surface area contributed by atoms with Crippen LogP contribution in [0.4, 0.5) is 10.3 Å². The summed E-state index contributed by atoms with van der Waals surface area (Å²) in [5, 5.41) is 0. The van der Waals surface area contributed by atoms with Gasteiger partial charge >= 0.3 is 0 Å². The van der Waals surface area contributed by atoms with Crippen molar-refractivity contribution in [3.63, 3.8) is 0 Å². The van der Waals surface area contributed by atoms with Crippen LogP contribution in [0.5, 0.6) is 5.88 Å². The van der Waals surface area contributed by atoms with Gasteiger partial charge < -0.3 is 10.5 Å². The number of terminal acetylenes is 1. The number of halogens is 1. The van der Waals surface area contributed by atoms with Crippen LogP contribution < -0.4 is 10.5 Å². The van der Waals surface area contributed by atoms with Gasteiger partial charge in [0, 0.05) is 0 Å². The van der Waals surface area contributed by atoms with Gasteiger partial charge in [-0.05, 0) is 0 Å². The average molecular weight is 167 g/mol. The normalized spacial score (nSPS) is 9.00. The van der Waals surface area contributed by atoms with Crippen molar-refractivity contribution in [2.45, 2.75) is 0 Å². The smallest absolute Gasteiger partial charge is 0.256 e. The molecule has 0 radical (unpaired) electrons. The maximum atomic E-state index is 12.7. The number of rotatable bonds is 2. The molecule has 1 aromatic heterocycles. The van der Waals surface area contributed by atoms with Crippen LogP contribution >= 0.6 is 0 Å². The Balaban J connectivity index is 2.84. The van der Waals surface area contributed by atoms with Gasteiger partial charge in [0.05, 0.1) is 6.20 Å². The second kappa shape index (κ2) is 3.53. The topological polar surface area (TPSA) is 61.0 Å². The molecule has 0 saturated heterocycles. The van der Waals surface area contributed by atoms with Gasteiger partial charge in [0.2, 0.25) is 11.8 Å². The number of nitrogens with two attached hydrogens (primary N) is 1. The summed E-state index contributed by atoms with van der Waals surface area (Å²) >= 11 is 0. The third-order valence-corrected chi connectivity index (χ3v) is 1.02. The van der Waals surface area contributed by atoms with E-state index >= 15 is 0 Å². The van der Waals surface area contributed by atoms with Crippen LogP contribution in [0.25, 0.3) is 0 Å². The van der Waals surface area contributed by atoms with Crippen LogP contribution in [0.2, 0.25) is 0 Å². The van der Waals surface area contributed by atoms with E-state index in [2.05, 4.69) is 15.9 Å². The Labute approximate surface area is 68.6 Å². The minimum absolute atomic E-state index is 0.0482. The van der Waals surface area contributed by atoms with Crippen LogP contribution in [-0.4, -0.2) is 16.6 Å². The van der Waals surface area contributed by atoms with Crippen molar-refractivity contribution in [1.82, 2.24) is 9.97 Å². The summed E-state index contributed by atoms with van der Waals surface area (Å²) < 4.78 is 17.4. The molecule has 1 aromatic rings. The lowest BCUT2D eigenvalue weighted by atomic mass is 10.6. The molecule has 0 fully saturated rings. The molecule has 0 bridgehead atoms. The highest BCUT2D eigenvalue weighted by molar-refractivity contribution is 5.22. The molecule has 1 heterocycles. The molecule has 0 aliphatic rings. The lowest BCUT2D eigenvalue weighted by Crippen LogP contribution is -2.02. The summed E-state index contributed by atoms with van der Waals surface area (Å²) in [4.78, 5) is 6.89. The summed E-state index contributed by atoms with van der Waals surface area (Å²) in [5.41, 5.74) is 5.18. The van der Waals surface area contributed by atoms with Crippen molar-refractivity contribution in [2.24, 2.45) is 0 Å². The van der Waals surface area contributed by atoms with Crippen molar-refractivity contribution in [1.29, 1.82) is 0 Å². The lowest BCUT2D eigenvalue weighted by molar-refractivity contribution is 0.332. The van der Waals surface area contributed by atoms with Gasteiger partial charge in [-0.3, -0.25) is 0 Å². The Morgan fingerprint density at radius 1 is 1.75 bits per heavy atom. The van der Waals surface area contributed by atoms with Gasteiger partial charge in [-0.2, -0.15) is 9.37 Å². The molecule has 0 aliphatic heterocycles. The fourth-order valence-electron chi connectivity index (χ4n) is 0.576. The zero-order valence-corrected chi connectivity index (χ0v) is 6.12.